The Labute approximate surface area is 134 Å². The summed E-state index contributed by atoms with van der Waals surface area (Å²) in [6.07, 6.45) is 2.35. The molecule has 0 aromatic carbocycles. The number of esters is 2. The second kappa shape index (κ2) is 15.9. The average Bonchev–Trinajstić information content (AvgIpc) is 2.40. The van der Waals surface area contributed by atoms with Crippen molar-refractivity contribution in [1.29, 1.82) is 0 Å². The number of Topliss-reactive ketones (excluding diaryl/α,β-unsaturated/α-hetero) is 1. The van der Waals surface area contributed by atoms with Gasteiger partial charge < -0.3 is 14.6 Å². The molecule has 0 heterocycles. The first kappa shape index (κ1) is 22.8. The number of aliphatic hydroxyl groups is 1. The first-order valence-electron chi connectivity index (χ1n) is 7.92. The molecular formula is C16H32O6. The van der Waals surface area contributed by atoms with Gasteiger partial charge in [0.05, 0.1) is 25.7 Å². The van der Waals surface area contributed by atoms with Crippen LogP contribution >= 0.6 is 0 Å². The van der Waals surface area contributed by atoms with Crippen molar-refractivity contribution in [1.82, 2.24) is 0 Å². The van der Waals surface area contributed by atoms with Crippen LogP contribution in [0.2, 0.25) is 0 Å². The number of hydrogen-bond donors (Lipinski definition) is 1. The summed E-state index contributed by atoms with van der Waals surface area (Å²) in [5.74, 6) is -0.759. The molecule has 1 N–H and O–H groups in total. The van der Waals surface area contributed by atoms with Crippen LogP contribution < -0.4 is 0 Å². The van der Waals surface area contributed by atoms with Crippen molar-refractivity contribution in [3.05, 3.63) is 0 Å². The predicted octanol–water partition coefficient (Wildman–Crippen LogP) is 2.66. The van der Waals surface area contributed by atoms with E-state index in [9.17, 15) is 14.4 Å². The van der Waals surface area contributed by atoms with Gasteiger partial charge in [-0.15, -0.1) is 0 Å². The van der Waals surface area contributed by atoms with Gasteiger partial charge in [0.25, 0.3) is 0 Å². The molecule has 0 saturated heterocycles. The molecule has 0 aliphatic carbocycles. The van der Waals surface area contributed by atoms with Crippen LogP contribution in [0, 0.1) is 0 Å². The number of hydrogen-bond acceptors (Lipinski definition) is 6. The summed E-state index contributed by atoms with van der Waals surface area (Å²) >= 11 is 0. The van der Waals surface area contributed by atoms with Gasteiger partial charge in [-0.1, -0.05) is 20.3 Å². The van der Waals surface area contributed by atoms with E-state index in [2.05, 4.69) is 9.47 Å². The van der Waals surface area contributed by atoms with Gasteiger partial charge in [0, 0.05) is 7.85 Å². The molecule has 6 heteroatoms. The molecule has 0 aromatic rings. The van der Waals surface area contributed by atoms with Crippen LogP contribution in [0.25, 0.3) is 0 Å². The number of aliphatic hydroxyl groups excluding tert-OH is 1. The molecule has 132 valence electrons. The first-order chi connectivity index (χ1) is 10.4. The topological polar surface area (TPSA) is 89.9 Å². The highest BCUT2D eigenvalue weighted by molar-refractivity contribution is 5.95. The van der Waals surface area contributed by atoms with E-state index in [0.717, 1.165) is 12.8 Å². The molecule has 6 nitrogen and oxygen atoms in total. The van der Waals surface area contributed by atoms with Crippen molar-refractivity contribution in [3.63, 3.8) is 0 Å². The zero-order valence-corrected chi connectivity index (χ0v) is 14.2. The van der Waals surface area contributed by atoms with Gasteiger partial charge in [-0.2, -0.15) is 0 Å². The summed E-state index contributed by atoms with van der Waals surface area (Å²) in [7, 11) is 0. The number of ether oxygens (including phenoxy) is 2. The van der Waals surface area contributed by atoms with Crippen LogP contribution in [-0.4, -0.2) is 42.1 Å². The van der Waals surface area contributed by atoms with E-state index in [-0.39, 0.29) is 26.0 Å². The van der Waals surface area contributed by atoms with Gasteiger partial charge in [-0.25, -0.2) is 0 Å². The van der Waals surface area contributed by atoms with Crippen molar-refractivity contribution in [2.75, 3.05) is 13.2 Å². The van der Waals surface area contributed by atoms with Crippen molar-refractivity contribution in [2.45, 2.75) is 72.3 Å². The van der Waals surface area contributed by atoms with E-state index >= 15 is 0 Å². The van der Waals surface area contributed by atoms with E-state index in [4.69, 9.17) is 5.11 Å². The maximum atomic E-state index is 10.8. The smallest absolute Gasteiger partial charge is 0.313 e. The highest BCUT2D eigenvalue weighted by Gasteiger charge is 2.09. The lowest BCUT2D eigenvalue weighted by molar-refractivity contribution is -0.146. The van der Waals surface area contributed by atoms with E-state index in [1.165, 1.54) is 0 Å². The Bertz CT molecular complexity index is 304. The Morgan fingerprint density at radius 2 is 1.50 bits per heavy atom. The third-order valence-electron chi connectivity index (χ3n) is 2.51. The average molecular weight is 320 g/mol. The van der Waals surface area contributed by atoms with Gasteiger partial charge in [0.15, 0.2) is 0 Å². The van der Waals surface area contributed by atoms with Crippen LogP contribution in [0.5, 0.6) is 0 Å². The van der Waals surface area contributed by atoms with E-state index in [1.807, 2.05) is 13.8 Å². The Morgan fingerprint density at radius 3 is 1.95 bits per heavy atom. The van der Waals surface area contributed by atoms with Gasteiger partial charge in [-0.05, 0) is 26.7 Å². The molecule has 0 fully saturated rings. The van der Waals surface area contributed by atoms with Crippen LogP contribution in [0.15, 0.2) is 0 Å². The SMILES string of the molecule is CCCC(=O)CC(=O)OCC.CCC[C@H](O)CC(=O)OCC.[HH]. The fraction of sp³-hybridized carbons (Fsp3) is 0.812. The normalized spacial score (nSPS) is 11.0. The van der Waals surface area contributed by atoms with Crippen molar-refractivity contribution in [2.24, 2.45) is 0 Å². The lowest BCUT2D eigenvalue weighted by Crippen LogP contribution is -2.15. The quantitative estimate of drug-likeness (QED) is 0.491. The van der Waals surface area contributed by atoms with E-state index in [1.54, 1.807) is 13.8 Å². The summed E-state index contributed by atoms with van der Waals surface area (Å²) < 4.78 is 9.26. The summed E-state index contributed by atoms with van der Waals surface area (Å²) in [6.45, 7) is 8.08. The fourth-order valence-electron chi connectivity index (χ4n) is 1.59. The zero-order chi connectivity index (χ0) is 17.4. The fourth-order valence-corrected chi connectivity index (χ4v) is 1.59. The van der Waals surface area contributed by atoms with Crippen molar-refractivity contribution in [3.8, 4) is 0 Å². The summed E-state index contributed by atoms with van der Waals surface area (Å²) in [5.41, 5.74) is 0. The highest BCUT2D eigenvalue weighted by atomic mass is 16.5. The molecule has 0 rings (SSSR count). The molecule has 0 aliphatic heterocycles. The zero-order valence-electron chi connectivity index (χ0n) is 14.2. The van der Waals surface area contributed by atoms with Crippen molar-refractivity contribution >= 4 is 17.7 Å². The molecule has 1 atom stereocenters. The number of carbonyl (C=O) groups is 3. The lowest BCUT2D eigenvalue weighted by Gasteiger charge is -2.07. The van der Waals surface area contributed by atoms with Gasteiger partial charge in [-0.3, -0.25) is 14.4 Å². The second-order valence-corrected chi connectivity index (χ2v) is 4.72. The van der Waals surface area contributed by atoms with Crippen LogP contribution in [0.1, 0.15) is 67.6 Å². The summed E-state index contributed by atoms with van der Waals surface area (Å²) in [5, 5.41) is 9.15. The van der Waals surface area contributed by atoms with Crippen LogP contribution in [0.3, 0.4) is 0 Å². The predicted molar refractivity (Wildman–Crippen MR) is 85.4 cm³/mol. The van der Waals surface area contributed by atoms with Gasteiger partial charge >= 0.3 is 11.9 Å². The molecular weight excluding hydrogens is 288 g/mol. The summed E-state index contributed by atoms with van der Waals surface area (Å²) in [6, 6.07) is 0. The first-order valence-corrected chi connectivity index (χ1v) is 7.92. The minimum Gasteiger partial charge on any atom is -0.466 e. The third kappa shape index (κ3) is 16.6. The second-order valence-electron chi connectivity index (χ2n) is 4.72. The van der Waals surface area contributed by atoms with E-state index in [0.29, 0.717) is 26.1 Å². The number of rotatable bonds is 10. The molecule has 0 aromatic heterocycles. The molecule has 0 bridgehead atoms. The number of ketones is 1. The van der Waals surface area contributed by atoms with Crippen molar-refractivity contribution < 1.29 is 30.4 Å². The Kier molecular flexibility index (Phi) is 16.6. The van der Waals surface area contributed by atoms with Crippen LogP contribution in [0.4, 0.5) is 0 Å². The molecule has 0 spiro atoms. The maximum Gasteiger partial charge on any atom is 0.313 e. The van der Waals surface area contributed by atoms with Crippen LogP contribution in [-0.2, 0) is 23.9 Å². The Balaban J connectivity index is -0.000000333. The highest BCUT2D eigenvalue weighted by Crippen LogP contribution is 2.02. The van der Waals surface area contributed by atoms with E-state index < -0.39 is 12.1 Å². The molecule has 0 aliphatic rings. The molecule has 0 saturated carbocycles. The Hall–Kier alpha value is -1.43. The third-order valence-corrected chi connectivity index (χ3v) is 2.51. The summed E-state index contributed by atoms with van der Waals surface area (Å²) in [4.78, 5) is 32.3. The Morgan fingerprint density at radius 1 is 0.955 bits per heavy atom. The lowest BCUT2D eigenvalue weighted by atomic mass is 10.1. The maximum absolute atomic E-state index is 10.8. The van der Waals surface area contributed by atoms with Gasteiger partial charge in [0.1, 0.15) is 12.2 Å². The molecule has 0 radical (unpaired) electrons. The largest absolute Gasteiger partial charge is 0.466 e. The minimum absolute atomic E-state index is 0. The molecule has 22 heavy (non-hydrogen) atoms. The monoisotopic (exact) mass is 320 g/mol. The molecule has 0 unspecified atom stereocenters. The molecule has 0 amide bonds. The van der Waals surface area contributed by atoms with Gasteiger partial charge in [0.2, 0.25) is 0 Å². The number of carbonyl (C=O) groups excluding carboxylic acids is 3. The minimum atomic E-state index is -0.529. The standard InChI is InChI=1S/C8H16O3.C8H14O3.H2/c2*1-3-5-7(9)6-8(10)11-4-2;/h7,9H,3-6H2,1-2H3;3-6H2,1-2H3;1H/t7-;;/m0../s1.